The zero-order valence-electron chi connectivity index (χ0n) is 7.12. The van der Waals surface area contributed by atoms with Crippen LogP contribution in [0.25, 0.3) is 6.08 Å². The van der Waals surface area contributed by atoms with Crippen molar-refractivity contribution >= 4 is 6.08 Å². The molecule has 0 atom stereocenters. The van der Waals surface area contributed by atoms with E-state index in [0.717, 1.165) is 24.3 Å². The molecule has 1 radical (unpaired) electrons. The molecule has 0 unspecified atom stereocenters. The molecule has 1 aromatic carbocycles. The fourth-order valence-electron chi connectivity index (χ4n) is 1.75. The van der Waals surface area contributed by atoms with Crippen LogP contribution in [0.15, 0.2) is 18.2 Å². The minimum Gasteiger partial charge on any atom is -0.444 e. The largest absolute Gasteiger partial charge is 0.444 e. The highest BCUT2D eigenvalue weighted by molar-refractivity contribution is 5.62. The molecule has 0 N–H and O–H groups in total. The number of hydrogen-bond acceptors (Lipinski definition) is 2. The zero-order valence-corrected chi connectivity index (χ0v) is 7.12. The quantitative estimate of drug-likeness (QED) is 0.600. The minimum absolute atomic E-state index is 0.824. The second-order valence-corrected chi connectivity index (χ2v) is 3.27. The summed E-state index contributed by atoms with van der Waals surface area (Å²) in [6.45, 7) is 1.37. The summed E-state index contributed by atoms with van der Waals surface area (Å²) in [5.41, 5.74) is 2.60. The maximum Gasteiger partial charge on any atom is 0.316 e. The molecule has 1 aliphatic heterocycles. The highest BCUT2D eigenvalue weighted by atomic mass is 16.7. The summed E-state index contributed by atoms with van der Waals surface area (Å²) in [6, 6.07) is 4.10. The van der Waals surface area contributed by atoms with Gasteiger partial charge in [-0.25, -0.2) is 0 Å². The highest BCUT2D eigenvalue weighted by Gasteiger charge is 2.17. The topological polar surface area (TPSA) is 18.5 Å². The fourth-order valence-corrected chi connectivity index (χ4v) is 1.75. The van der Waals surface area contributed by atoms with Gasteiger partial charge < -0.3 is 9.47 Å². The van der Waals surface area contributed by atoms with E-state index in [9.17, 15) is 0 Å². The molecular formula is C11H9O2. The van der Waals surface area contributed by atoms with Crippen LogP contribution in [0.2, 0.25) is 0 Å². The van der Waals surface area contributed by atoms with Crippen molar-refractivity contribution in [3.8, 4) is 11.5 Å². The Kier molecular flexibility index (Phi) is 1.36. The summed E-state index contributed by atoms with van der Waals surface area (Å²) in [4.78, 5) is 0. The standard InChI is InChI=1S/C11H9O2/c1-2-4-9-6-11-10(12-7-13-11)5-8(9)3-1/h1,3,5-7H,2,4H2. The first kappa shape index (κ1) is 7.01. The monoisotopic (exact) mass is 173 g/mol. The van der Waals surface area contributed by atoms with Gasteiger partial charge in [0.25, 0.3) is 0 Å². The lowest BCUT2D eigenvalue weighted by Crippen LogP contribution is -1.93. The van der Waals surface area contributed by atoms with Gasteiger partial charge in [0.05, 0.1) is 0 Å². The number of benzene rings is 1. The van der Waals surface area contributed by atoms with Crippen LogP contribution in [-0.2, 0) is 6.42 Å². The van der Waals surface area contributed by atoms with E-state index < -0.39 is 0 Å². The van der Waals surface area contributed by atoms with Crippen LogP contribution in [0.1, 0.15) is 17.5 Å². The van der Waals surface area contributed by atoms with E-state index in [1.165, 1.54) is 17.9 Å². The van der Waals surface area contributed by atoms with Gasteiger partial charge >= 0.3 is 6.79 Å². The molecule has 13 heavy (non-hydrogen) atoms. The molecule has 65 valence electrons. The summed E-state index contributed by atoms with van der Waals surface area (Å²) < 4.78 is 10.4. The Morgan fingerprint density at radius 2 is 1.92 bits per heavy atom. The molecule has 2 aliphatic rings. The van der Waals surface area contributed by atoms with Crippen molar-refractivity contribution in [1.82, 2.24) is 0 Å². The number of hydrogen-bond donors (Lipinski definition) is 0. The van der Waals surface area contributed by atoms with E-state index in [1.54, 1.807) is 0 Å². The smallest absolute Gasteiger partial charge is 0.316 e. The Morgan fingerprint density at radius 1 is 1.08 bits per heavy atom. The first-order valence-electron chi connectivity index (χ1n) is 4.42. The molecular weight excluding hydrogens is 164 g/mol. The number of ether oxygens (including phenoxy) is 2. The molecule has 0 bridgehead atoms. The van der Waals surface area contributed by atoms with Crippen molar-refractivity contribution in [3.63, 3.8) is 0 Å². The summed E-state index contributed by atoms with van der Waals surface area (Å²) >= 11 is 0. The number of allylic oxidation sites excluding steroid dienone is 1. The lowest BCUT2D eigenvalue weighted by atomic mass is 9.97. The van der Waals surface area contributed by atoms with Gasteiger partial charge in [-0.1, -0.05) is 12.2 Å². The van der Waals surface area contributed by atoms with E-state index in [1.807, 2.05) is 6.07 Å². The second kappa shape index (κ2) is 2.52. The van der Waals surface area contributed by atoms with Crippen LogP contribution in [0.4, 0.5) is 0 Å². The Hall–Kier alpha value is -1.44. The lowest BCUT2D eigenvalue weighted by molar-refractivity contribution is 0.270. The molecule has 0 amide bonds. The van der Waals surface area contributed by atoms with Gasteiger partial charge in [-0.05, 0) is 36.1 Å². The Bertz CT molecular complexity index is 380. The Morgan fingerprint density at radius 3 is 2.85 bits per heavy atom. The lowest BCUT2D eigenvalue weighted by Gasteiger charge is -2.10. The van der Waals surface area contributed by atoms with Crippen molar-refractivity contribution < 1.29 is 9.47 Å². The summed E-state index contributed by atoms with van der Waals surface area (Å²) in [5.74, 6) is 1.67. The summed E-state index contributed by atoms with van der Waals surface area (Å²) in [6.07, 6.45) is 6.55. The van der Waals surface area contributed by atoms with Gasteiger partial charge in [-0.2, -0.15) is 0 Å². The minimum atomic E-state index is 0.824. The van der Waals surface area contributed by atoms with E-state index in [2.05, 4.69) is 18.2 Å². The SMILES string of the molecule is [CH]1Oc2cc3c(cc2O1)CCC=C3. The second-order valence-electron chi connectivity index (χ2n) is 3.27. The fraction of sp³-hybridized carbons (Fsp3) is 0.182. The van der Waals surface area contributed by atoms with Crippen LogP contribution in [0.3, 0.4) is 0 Å². The van der Waals surface area contributed by atoms with Gasteiger partial charge in [0.15, 0.2) is 11.5 Å². The predicted octanol–water partition coefficient (Wildman–Crippen LogP) is 2.54. The molecule has 0 spiro atoms. The number of fused-ring (bicyclic) bond motifs is 2. The van der Waals surface area contributed by atoms with Crippen LogP contribution in [0.5, 0.6) is 11.5 Å². The van der Waals surface area contributed by atoms with Gasteiger partial charge in [-0.15, -0.1) is 0 Å². The molecule has 0 aromatic heterocycles. The van der Waals surface area contributed by atoms with E-state index in [4.69, 9.17) is 9.47 Å². The molecule has 2 nitrogen and oxygen atoms in total. The van der Waals surface area contributed by atoms with Crippen molar-refractivity contribution in [2.45, 2.75) is 12.8 Å². The number of aryl methyl sites for hydroxylation is 1. The molecule has 1 aromatic rings. The van der Waals surface area contributed by atoms with Crippen LogP contribution in [0, 0.1) is 6.79 Å². The van der Waals surface area contributed by atoms with Gasteiger partial charge in [-0.3, -0.25) is 0 Å². The summed E-state index contributed by atoms with van der Waals surface area (Å²) in [7, 11) is 0. The number of rotatable bonds is 0. The van der Waals surface area contributed by atoms with Crippen LogP contribution < -0.4 is 9.47 Å². The van der Waals surface area contributed by atoms with Gasteiger partial charge in [0.2, 0.25) is 0 Å². The summed E-state index contributed by atoms with van der Waals surface area (Å²) in [5, 5.41) is 0. The Labute approximate surface area is 76.8 Å². The third-order valence-electron chi connectivity index (χ3n) is 2.43. The maximum atomic E-state index is 5.19. The Balaban J connectivity index is 2.18. The average molecular weight is 173 g/mol. The predicted molar refractivity (Wildman–Crippen MR) is 49.4 cm³/mol. The van der Waals surface area contributed by atoms with Gasteiger partial charge in [0.1, 0.15) is 0 Å². The van der Waals surface area contributed by atoms with E-state index in [-0.39, 0.29) is 0 Å². The zero-order chi connectivity index (χ0) is 8.67. The van der Waals surface area contributed by atoms with Gasteiger partial charge in [0, 0.05) is 0 Å². The van der Waals surface area contributed by atoms with Crippen LogP contribution >= 0.6 is 0 Å². The molecule has 0 saturated heterocycles. The molecule has 1 aliphatic carbocycles. The van der Waals surface area contributed by atoms with Crippen molar-refractivity contribution in [3.05, 3.63) is 36.1 Å². The van der Waals surface area contributed by atoms with Crippen LogP contribution in [-0.4, -0.2) is 0 Å². The average Bonchev–Trinajstić information content (AvgIpc) is 2.61. The van der Waals surface area contributed by atoms with E-state index >= 15 is 0 Å². The van der Waals surface area contributed by atoms with E-state index in [0.29, 0.717) is 0 Å². The molecule has 3 rings (SSSR count). The first-order valence-corrected chi connectivity index (χ1v) is 4.42. The van der Waals surface area contributed by atoms with Crippen molar-refractivity contribution in [2.75, 3.05) is 0 Å². The third kappa shape index (κ3) is 1.02. The van der Waals surface area contributed by atoms with Crippen molar-refractivity contribution in [1.29, 1.82) is 0 Å². The highest BCUT2D eigenvalue weighted by Crippen LogP contribution is 2.37. The first-order chi connectivity index (χ1) is 6.43. The molecule has 1 heterocycles. The maximum absolute atomic E-state index is 5.19. The molecule has 0 saturated carbocycles. The molecule has 2 heteroatoms. The normalized spacial score (nSPS) is 17.2. The molecule has 0 fully saturated rings. The van der Waals surface area contributed by atoms with Crippen molar-refractivity contribution in [2.24, 2.45) is 0 Å². The third-order valence-corrected chi connectivity index (χ3v) is 2.43.